The topological polar surface area (TPSA) is 40.2 Å². The van der Waals surface area contributed by atoms with E-state index in [1.165, 1.54) is 38.5 Å². The van der Waals surface area contributed by atoms with Crippen molar-refractivity contribution in [2.75, 3.05) is 34.0 Å². The van der Waals surface area contributed by atoms with Gasteiger partial charge in [0.15, 0.2) is 5.79 Å². The van der Waals surface area contributed by atoms with Crippen LogP contribution in [0, 0.1) is 5.92 Å². The Morgan fingerprint density at radius 1 is 1.00 bits per heavy atom. The highest BCUT2D eigenvalue weighted by Gasteiger charge is 2.37. The van der Waals surface area contributed by atoms with E-state index in [-0.39, 0.29) is 0 Å². The van der Waals surface area contributed by atoms with Crippen LogP contribution < -0.4 is 0 Å². The van der Waals surface area contributed by atoms with E-state index in [1.807, 2.05) is 0 Å². The summed E-state index contributed by atoms with van der Waals surface area (Å²) in [5.74, 6) is -0.0862. The maximum Gasteiger partial charge on any atom is 0.170 e. The summed E-state index contributed by atoms with van der Waals surface area (Å²) in [6.07, 6.45) is 11.2. The minimum absolute atomic E-state index is 0.341. The summed E-state index contributed by atoms with van der Waals surface area (Å²) in [6.45, 7) is 6.74. The molecule has 0 N–H and O–H groups in total. The molecular weight excluding hydrogens is 292 g/mol. The number of ether oxygens (including phenoxy) is 4. The monoisotopic (exact) mass is 330 g/mol. The summed E-state index contributed by atoms with van der Waals surface area (Å²) >= 11 is 0. The van der Waals surface area contributed by atoms with Crippen molar-refractivity contribution >= 4 is 0 Å². The van der Waals surface area contributed by atoms with Crippen LogP contribution in [0.4, 0.5) is 0 Å². The van der Waals surface area contributed by atoms with Gasteiger partial charge in [0.1, 0.15) is 6.10 Å². The highest BCUT2D eigenvalue weighted by molar-refractivity contribution is 4.79. The minimum atomic E-state index is -0.469. The number of hydrogen-bond donors (Lipinski definition) is 0. The summed E-state index contributed by atoms with van der Waals surface area (Å²) < 4.78 is 22.5. The molecule has 1 fully saturated rings. The van der Waals surface area contributed by atoms with Crippen molar-refractivity contribution in [3.05, 3.63) is 0 Å². The van der Waals surface area contributed by atoms with Gasteiger partial charge in [0.2, 0.25) is 0 Å². The molecule has 138 valence electrons. The lowest BCUT2D eigenvalue weighted by Gasteiger charge is -2.38. The first-order chi connectivity index (χ1) is 11.2. The number of methoxy groups -OCH3 is 2. The molecule has 0 radical (unpaired) electrons. The maximum absolute atomic E-state index is 5.78. The average Bonchev–Trinajstić information content (AvgIpc) is 3.40. The Bertz CT molecular complexity index is 266. The van der Waals surface area contributed by atoms with E-state index in [9.17, 15) is 0 Å². The maximum atomic E-state index is 5.78. The molecule has 1 aliphatic heterocycles. The van der Waals surface area contributed by atoms with Gasteiger partial charge < -0.3 is 18.9 Å². The Labute approximate surface area is 143 Å². The quantitative estimate of drug-likeness (QED) is 0.236. The molecule has 0 aromatic heterocycles. The molecule has 0 amide bonds. The third-order valence-electron chi connectivity index (χ3n) is 5.03. The molecule has 1 rings (SSSR count). The van der Waals surface area contributed by atoms with E-state index in [0.717, 1.165) is 39.1 Å². The zero-order chi connectivity index (χ0) is 17.0. The van der Waals surface area contributed by atoms with Gasteiger partial charge in [0.05, 0.1) is 13.2 Å². The lowest BCUT2D eigenvalue weighted by atomic mass is 9.87. The van der Waals surface area contributed by atoms with Gasteiger partial charge >= 0.3 is 0 Å². The summed E-state index contributed by atoms with van der Waals surface area (Å²) in [5.41, 5.74) is 0. The smallest absolute Gasteiger partial charge is 0.170 e. The van der Waals surface area contributed by atoms with Crippen molar-refractivity contribution < 1.29 is 18.9 Å². The van der Waals surface area contributed by atoms with Crippen molar-refractivity contribution in [2.45, 2.75) is 83.5 Å². The highest BCUT2D eigenvalue weighted by atomic mass is 16.7. The zero-order valence-electron chi connectivity index (χ0n) is 15.8. The van der Waals surface area contributed by atoms with Gasteiger partial charge in [-0.05, 0) is 19.3 Å². The number of rotatable bonds is 16. The van der Waals surface area contributed by atoms with Crippen LogP contribution in [0.5, 0.6) is 0 Å². The van der Waals surface area contributed by atoms with Crippen molar-refractivity contribution in [1.82, 2.24) is 0 Å². The van der Waals surface area contributed by atoms with Crippen molar-refractivity contribution in [2.24, 2.45) is 5.92 Å². The Kier molecular flexibility index (Phi) is 11.1. The summed E-state index contributed by atoms with van der Waals surface area (Å²) in [5, 5.41) is 0. The molecule has 2 atom stereocenters. The van der Waals surface area contributed by atoms with Gasteiger partial charge in [-0.15, -0.1) is 0 Å². The summed E-state index contributed by atoms with van der Waals surface area (Å²) in [4.78, 5) is 0. The predicted molar refractivity (Wildman–Crippen MR) is 93.7 cm³/mol. The van der Waals surface area contributed by atoms with Gasteiger partial charge in [-0.3, -0.25) is 0 Å². The molecule has 1 heterocycles. The van der Waals surface area contributed by atoms with E-state index in [0.29, 0.717) is 12.0 Å². The normalized spacial score (nSPS) is 19.0. The first-order valence-corrected chi connectivity index (χ1v) is 9.52. The number of epoxide rings is 1. The SMILES string of the molecule is CCCCCCCCC(CCOCC1CO1)C(CC)(OC)OC. The van der Waals surface area contributed by atoms with Crippen LogP contribution in [0.2, 0.25) is 0 Å². The molecule has 0 saturated carbocycles. The van der Waals surface area contributed by atoms with Gasteiger partial charge in [-0.1, -0.05) is 52.4 Å². The van der Waals surface area contributed by atoms with E-state index in [4.69, 9.17) is 18.9 Å². The van der Waals surface area contributed by atoms with E-state index < -0.39 is 5.79 Å². The predicted octanol–water partition coefficient (Wildman–Crippen LogP) is 4.56. The second-order valence-corrected chi connectivity index (χ2v) is 6.65. The molecule has 0 spiro atoms. The fourth-order valence-corrected chi connectivity index (χ4v) is 3.35. The van der Waals surface area contributed by atoms with E-state index in [2.05, 4.69) is 13.8 Å². The molecule has 1 aliphatic rings. The molecule has 2 unspecified atom stereocenters. The van der Waals surface area contributed by atoms with Crippen molar-refractivity contribution in [1.29, 1.82) is 0 Å². The molecule has 1 saturated heterocycles. The van der Waals surface area contributed by atoms with Crippen LogP contribution in [0.3, 0.4) is 0 Å². The molecule has 4 heteroatoms. The van der Waals surface area contributed by atoms with Gasteiger partial charge in [0, 0.05) is 26.7 Å². The lowest BCUT2D eigenvalue weighted by molar-refractivity contribution is -0.246. The molecule has 23 heavy (non-hydrogen) atoms. The largest absolute Gasteiger partial charge is 0.379 e. The molecule has 0 bridgehead atoms. The van der Waals surface area contributed by atoms with Crippen molar-refractivity contribution in [3.63, 3.8) is 0 Å². The Balaban J connectivity index is 2.35. The second-order valence-electron chi connectivity index (χ2n) is 6.65. The van der Waals surface area contributed by atoms with Gasteiger partial charge in [0.25, 0.3) is 0 Å². The Morgan fingerprint density at radius 2 is 1.65 bits per heavy atom. The van der Waals surface area contributed by atoms with E-state index in [1.54, 1.807) is 14.2 Å². The van der Waals surface area contributed by atoms with Gasteiger partial charge in [-0.25, -0.2) is 0 Å². The minimum Gasteiger partial charge on any atom is -0.379 e. The zero-order valence-corrected chi connectivity index (χ0v) is 15.8. The highest BCUT2D eigenvalue weighted by Crippen LogP contribution is 2.33. The van der Waals surface area contributed by atoms with Gasteiger partial charge in [-0.2, -0.15) is 0 Å². The standard InChI is InChI=1S/C19H38O4/c1-5-7-8-9-10-11-12-17(19(6-2,20-3)21-4)13-14-22-15-18-16-23-18/h17-18H,5-16H2,1-4H3. The fourth-order valence-electron chi connectivity index (χ4n) is 3.35. The molecule has 0 aromatic carbocycles. The second kappa shape index (κ2) is 12.2. The number of unbranched alkanes of at least 4 members (excludes halogenated alkanes) is 5. The van der Waals surface area contributed by atoms with Crippen LogP contribution >= 0.6 is 0 Å². The molecular formula is C19H38O4. The average molecular weight is 331 g/mol. The Hall–Kier alpha value is -0.160. The lowest BCUT2D eigenvalue weighted by Crippen LogP contribution is -2.42. The first kappa shape index (κ1) is 20.9. The van der Waals surface area contributed by atoms with Crippen molar-refractivity contribution in [3.8, 4) is 0 Å². The third kappa shape index (κ3) is 7.97. The third-order valence-corrected chi connectivity index (χ3v) is 5.03. The van der Waals surface area contributed by atoms with Crippen LogP contribution in [-0.2, 0) is 18.9 Å². The van der Waals surface area contributed by atoms with Crippen LogP contribution in [-0.4, -0.2) is 45.9 Å². The van der Waals surface area contributed by atoms with Crippen LogP contribution in [0.1, 0.15) is 71.6 Å². The number of hydrogen-bond acceptors (Lipinski definition) is 4. The van der Waals surface area contributed by atoms with Crippen LogP contribution in [0.15, 0.2) is 0 Å². The fraction of sp³-hybridized carbons (Fsp3) is 1.00. The molecule has 4 nitrogen and oxygen atoms in total. The molecule has 0 aliphatic carbocycles. The van der Waals surface area contributed by atoms with E-state index >= 15 is 0 Å². The molecule has 0 aromatic rings. The first-order valence-electron chi connectivity index (χ1n) is 9.52. The summed E-state index contributed by atoms with van der Waals surface area (Å²) in [6, 6.07) is 0. The summed E-state index contributed by atoms with van der Waals surface area (Å²) in [7, 11) is 3.53. The Morgan fingerprint density at radius 3 is 2.22 bits per heavy atom. The van der Waals surface area contributed by atoms with Crippen LogP contribution in [0.25, 0.3) is 0 Å².